The summed E-state index contributed by atoms with van der Waals surface area (Å²) in [7, 11) is 6.01. The van der Waals surface area contributed by atoms with Gasteiger partial charge in [0.2, 0.25) is 0 Å². The summed E-state index contributed by atoms with van der Waals surface area (Å²) in [6.07, 6.45) is 4.81. The molecule has 2 unspecified atom stereocenters. The summed E-state index contributed by atoms with van der Waals surface area (Å²) in [5, 5.41) is 0.0769. The number of hydrogen-bond acceptors (Lipinski definition) is 8. The third-order valence-corrected chi connectivity index (χ3v) is 4.58. The molecule has 8 nitrogen and oxygen atoms in total. The smallest absolute Gasteiger partial charge is 0.358 e. The Morgan fingerprint density at radius 3 is 2.60 bits per heavy atom. The Morgan fingerprint density at radius 2 is 2.08 bits per heavy atom. The Balaban J connectivity index is 2.04. The van der Waals surface area contributed by atoms with Crippen LogP contribution in [-0.4, -0.2) is 56.5 Å². The van der Waals surface area contributed by atoms with Gasteiger partial charge in [-0.25, -0.2) is 14.8 Å². The molecule has 1 saturated carbocycles. The van der Waals surface area contributed by atoms with Gasteiger partial charge in [-0.3, -0.25) is 4.74 Å². The molecule has 0 saturated heterocycles. The molecule has 0 aromatic carbocycles. The molecule has 0 amide bonds. The van der Waals surface area contributed by atoms with Crippen molar-refractivity contribution in [2.24, 2.45) is 0 Å². The molecule has 1 aromatic rings. The van der Waals surface area contributed by atoms with Gasteiger partial charge in [0.25, 0.3) is 5.91 Å². The summed E-state index contributed by atoms with van der Waals surface area (Å²) in [6.45, 7) is 0. The number of aromatic nitrogens is 2. The highest BCUT2D eigenvalue weighted by Crippen LogP contribution is 2.41. The van der Waals surface area contributed by atoms with Crippen LogP contribution in [0.2, 0.25) is 5.02 Å². The molecule has 1 fully saturated rings. The normalized spacial score (nSPS) is 25.2. The van der Waals surface area contributed by atoms with Crippen LogP contribution in [0.5, 0.6) is 0 Å². The van der Waals surface area contributed by atoms with E-state index in [1.54, 1.807) is 24.1 Å². The maximum Gasteiger partial charge on any atom is 0.358 e. The average molecular weight is 370 g/mol. The van der Waals surface area contributed by atoms with Gasteiger partial charge in [-0.15, -0.1) is 0 Å². The molecule has 3 rings (SSSR count). The van der Waals surface area contributed by atoms with E-state index in [0.717, 1.165) is 12.8 Å². The molecule has 1 aliphatic heterocycles. The summed E-state index contributed by atoms with van der Waals surface area (Å²) in [5.74, 6) is -0.774. The first-order chi connectivity index (χ1) is 12.0. The van der Waals surface area contributed by atoms with Crippen LogP contribution in [-0.2, 0) is 18.9 Å². The van der Waals surface area contributed by atoms with Crippen LogP contribution in [0.1, 0.15) is 35.1 Å². The molecule has 2 aliphatic rings. The Bertz CT molecular complexity index is 709. The fourth-order valence-corrected chi connectivity index (χ4v) is 2.88. The van der Waals surface area contributed by atoms with E-state index in [0.29, 0.717) is 11.6 Å². The van der Waals surface area contributed by atoms with Crippen LogP contribution in [0.3, 0.4) is 0 Å². The quantitative estimate of drug-likeness (QED) is 0.428. The maximum atomic E-state index is 12.1. The Labute approximate surface area is 150 Å². The lowest BCUT2D eigenvalue weighted by Crippen LogP contribution is -2.49. The van der Waals surface area contributed by atoms with E-state index in [4.69, 9.17) is 30.5 Å². The number of likely N-dealkylation sites (N-methyl/N-ethyl adjacent to an activating group) is 1. The molecule has 25 heavy (non-hydrogen) atoms. The summed E-state index contributed by atoms with van der Waals surface area (Å²) in [5.41, 5.74) is 0.0273. The van der Waals surface area contributed by atoms with Crippen molar-refractivity contribution in [3.63, 3.8) is 0 Å². The maximum absolute atomic E-state index is 12.1. The van der Waals surface area contributed by atoms with Crippen molar-refractivity contribution in [1.29, 1.82) is 0 Å². The van der Waals surface area contributed by atoms with Gasteiger partial charge < -0.3 is 19.1 Å². The number of nitrogens with zero attached hydrogens (tertiary/aromatic N) is 3. The fourth-order valence-electron chi connectivity index (χ4n) is 2.59. The average Bonchev–Trinajstić information content (AvgIpc) is 3.39. The number of carbonyl (C=O) groups excluding carboxylic acids is 1. The first kappa shape index (κ1) is 18.1. The topological polar surface area (TPSA) is 83.0 Å². The van der Waals surface area contributed by atoms with Gasteiger partial charge in [-0.05, 0) is 25.0 Å². The zero-order valence-electron chi connectivity index (χ0n) is 14.5. The van der Waals surface area contributed by atoms with Gasteiger partial charge in [0.15, 0.2) is 17.8 Å². The predicted molar refractivity (Wildman–Crippen MR) is 89.5 cm³/mol. The highest BCUT2D eigenvalue weighted by molar-refractivity contribution is 6.35. The summed E-state index contributed by atoms with van der Waals surface area (Å²) >= 11 is 6.41. The van der Waals surface area contributed by atoms with E-state index in [2.05, 4.69) is 9.97 Å². The number of rotatable bonds is 6. The summed E-state index contributed by atoms with van der Waals surface area (Å²) in [6, 6.07) is 0. The van der Waals surface area contributed by atoms with E-state index < -0.39 is 18.2 Å². The minimum absolute atomic E-state index is 0.0273. The van der Waals surface area contributed by atoms with Crippen LogP contribution < -0.4 is 4.90 Å². The van der Waals surface area contributed by atoms with Crippen LogP contribution in [0.25, 0.3) is 0 Å². The SMILES string of the molecule is COC(=O)c1nc(C2CC2)nc(N(C)C2(OC)C=CC(OC)O2)c1Cl. The van der Waals surface area contributed by atoms with Crippen molar-refractivity contribution < 1.29 is 23.7 Å². The molecule has 1 aliphatic carbocycles. The number of esters is 1. The lowest BCUT2D eigenvalue weighted by molar-refractivity contribution is -0.240. The molecule has 0 spiro atoms. The van der Waals surface area contributed by atoms with Crippen LogP contribution in [0.4, 0.5) is 5.82 Å². The zero-order valence-corrected chi connectivity index (χ0v) is 15.2. The van der Waals surface area contributed by atoms with E-state index >= 15 is 0 Å². The summed E-state index contributed by atoms with van der Waals surface area (Å²) in [4.78, 5) is 22.5. The van der Waals surface area contributed by atoms with Crippen molar-refractivity contribution >= 4 is 23.4 Å². The highest BCUT2D eigenvalue weighted by atomic mass is 35.5. The third kappa shape index (κ3) is 3.22. The van der Waals surface area contributed by atoms with Crippen molar-refractivity contribution in [3.05, 3.63) is 28.7 Å². The molecule has 0 N–H and O–H groups in total. The monoisotopic (exact) mass is 369 g/mol. The van der Waals surface area contributed by atoms with Crippen LogP contribution >= 0.6 is 11.6 Å². The minimum atomic E-state index is -1.26. The second-order valence-corrected chi connectivity index (χ2v) is 6.19. The zero-order chi connectivity index (χ0) is 18.2. The summed E-state index contributed by atoms with van der Waals surface area (Å²) < 4.78 is 21.3. The molecule has 0 bridgehead atoms. The van der Waals surface area contributed by atoms with Crippen LogP contribution in [0.15, 0.2) is 12.2 Å². The third-order valence-electron chi connectivity index (χ3n) is 4.23. The molecule has 9 heteroatoms. The van der Waals surface area contributed by atoms with Gasteiger partial charge in [-0.2, -0.15) is 0 Å². The largest absolute Gasteiger partial charge is 0.464 e. The van der Waals surface area contributed by atoms with Gasteiger partial charge in [0.05, 0.1) is 7.11 Å². The number of halogens is 1. The van der Waals surface area contributed by atoms with Gasteiger partial charge >= 0.3 is 5.97 Å². The molecular formula is C16H20ClN3O5. The number of ether oxygens (including phenoxy) is 4. The molecule has 2 heterocycles. The number of methoxy groups -OCH3 is 3. The van der Waals surface area contributed by atoms with Gasteiger partial charge in [0, 0.05) is 27.2 Å². The predicted octanol–water partition coefficient (Wildman–Crippen LogP) is 2.09. The van der Waals surface area contributed by atoms with E-state index in [9.17, 15) is 4.79 Å². The van der Waals surface area contributed by atoms with E-state index in [-0.39, 0.29) is 16.6 Å². The van der Waals surface area contributed by atoms with Crippen molar-refractivity contribution in [2.75, 3.05) is 33.3 Å². The van der Waals surface area contributed by atoms with Crippen molar-refractivity contribution in [2.45, 2.75) is 31.0 Å². The molecule has 0 radical (unpaired) electrons. The first-order valence-electron chi connectivity index (χ1n) is 7.80. The van der Waals surface area contributed by atoms with Gasteiger partial charge in [-0.1, -0.05) is 11.6 Å². The molecular weight excluding hydrogens is 350 g/mol. The highest BCUT2D eigenvalue weighted by Gasteiger charge is 2.43. The van der Waals surface area contributed by atoms with Crippen molar-refractivity contribution in [1.82, 2.24) is 9.97 Å². The Kier molecular flexibility index (Phi) is 4.97. The number of anilines is 1. The standard InChI is InChI=1S/C16H20ClN3O5/c1-20(16(24-4)8-7-10(22-2)25-16)14-11(17)12(15(21)23-3)18-13(19-14)9-5-6-9/h7-10H,5-6H2,1-4H3. The van der Waals surface area contributed by atoms with E-state index in [1.807, 2.05) is 0 Å². The lowest BCUT2D eigenvalue weighted by Gasteiger charge is -2.36. The number of carbonyl (C=O) groups is 1. The van der Waals surface area contributed by atoms with Crippen LogP contribution in [0, 0.1) is 0 Å². The first-order valence-corrected chi connectivity index (χ1v) is 8.18. The molecule has 1 aromatic heterocycles. The second kappa shape index (κ2) is 6.87. The molecule has 2 atom stereocenters. The fraction of sp³-hybridized carbons (Fsp3) is 0.562. The van der Waals surface area contributed by atoms with E-state index in [1.165, 1.54) is 21.3 Å². The Morgan fingerprint density at radius 1 is 1.36 bits per heavy atom. The lowest BCUT2D eigenvalue weighted by atomic mass is 10.3. The number of hydrogen-bond donors (Lipinski definition) is 0. The van der Waals surface area contributed by atoms with Crippen molar-refractivity contribution in [3.8, 4) is 0 Å². The Hall–Kier alpha value is -1.74. The molecule has 136 valence electrons. The minimum Gasteiger partial charge on any atom is -0.464 e. The van der Waals surface area contributed by atoms with Gasteiger partial charge in [0.1, 0.15) is 10.8 Å². The second-order valence-electron chi connectivity index (χ2n) is 5.81.